The highest BCUT2D eigenvalue weighted by Crippen LogP contribution is 2.15. The zero-order valence-electron chi connectivity index (χ0n) is 12.0. The quantitative estimate of drug-likeness (QED) is 0.815. The maximum Gasteiger partial charge on any atom is 0.253 e. The molecule has 1 aliphatic heterocycles. The van der Waals surface area contributed by atoms with Crippen molar-refractivity contribution in [2.24, 2.45) is 0 Å². The molecule has 0 unspecified atom stereocenters. The van der Waals surface area contributed by atoms with Crippen molar-refractivity contribution < 1.29 is 9.59 Å². The molecule has 0 aromatic heterocycles. The first kappa shape index (κ1) is 14.3. The van der Waals surface area contributed by atoms with E-state index in [2.05, 4.69) is 10.6 Å². The van der Waals surface area contributed by atoms with E-state index in [1.54, 1.807) is 38.4 Å². The topological polar surface area (TPSA) is 61.4 Å². The van der Waals surface area contributed by atoms with Gasteiger partial charge in [-0.15, -0.1) is 0 Å². The van der Waals surface area contributed by atoms with Gasteiger partial charge in [-0.2, -0.15) is 0 Å². The Labute approximate surface area is 118 Å². The maximum atomic E-state index is 12.1. The van der Waals surface area contributed by atoms with Crippen LogP contribution < -0.4 is 10.6 Å². The molecular weight excluding hydrogens is 254 g/mol. The lowest BCUT2D eigenvalue weighted by molar-refractivity contribution is -0.112. The van der Waals surface area contributed by atoms with E-state index in [1.807, 2.05) is 6.92 Å². The van der Waals surface area contributed by atoms with Crippen LogP contribution in [-0.2, 0) is 4.79 Å². The molecule has 1 fully saturated rings. The van der Waals surface area contributed by atoms with Gasteiger partial charge in [0, 0.05) is 44.0 Å². The average molecular weight is 273 g/mol. The van der Waals surface area contributed by atoms with Crippen LogP contribution in [0.3, 0.4) is 0 Å². The van der Waals surface area contributed by atoms with Crippen LogP contribution in [0.15, 0.2) is 35.4 Å². The van der Waals surface area contributed by atoms with Crippen LogP contribution in [-0.4, -0.2) is 43.9 Å². The number of hydrogen-bond donors (Lipinski definition) is 2. The molecule has 0 aliphatic carbocycles. The molecule has 1 heterocycles. The lowest BCUT2D eigenvalue weighted by Gasteiger charge is -2.21. The van der Waals surface area contributed by atoms with Crippen LogP contribution in [0.25, 0.3) is 0 Å². The van der Waals surface area contributed by atoms with Gasteiger partial charge in [-0.05, 0) is 30.7 Å². The normalized spacial score (nSPS) is 13.4. The molecule has 1 aromatic rings. The van der Waals surface area contributed by atoms with Crippen LogP contribution in [0, 0.1) is 0 Å². The van der Waals surface area contributed by atoms with Gasteiger partial charge in [0.1, 0.15) is 0 Å². The summed E-state index contributed by atoms with van der Waals surface area (Å²) in [5.41, 5.74) is 3.06. The Kier molecular flexibility index (Phi) is 4.20. The standard InChI is InChI=1S/C15H19N3O2/c1-10(12-8-16-9-12)14(19)17-13-6-4-5-11(7-13)15(20)18(2)3/h4-7,16H,8-9H2,1-3H3,(H,17,19). The number of carbonyl (C=O) groups excluding carboxylic acids is 2. The summed E-state index contributed by atoms with van der Waals surface area (Å²) >= 11 is 0. The molecule has 0 atom stereocenters. The van der Waals surface area contributed by atoms with Crippen molar-refractivity contribution in [2.45, 2.75) is 6.92 Å². The number of nitrogens with one attached hydrogen (secondary N) is 2. The highest BCUT2D eigenvalue weighted by molar-refractivity contribution is 6.05. The molecular formula is C15H19N3O2. The Morgan fingerprint density at radius 1 is 1.25 bits per heavy atom. The van der Waals surface area contributed by atoms with Crippen LogP contribution >= 0.6 is 0 Å². The van der Waals surface area contributed by atoms with E-state index < -0.39 is 0 Å². The molecule has 0 bridgehead atoms. The van der Waals surface area contributed by atoms with Gasteiger partial charge in [0.15, 0.2) is 0 Å². The van der Waals surface area contributed by atoms with Gasteiger partial charge in [0.05, 0.1) is 0 Å². The maximum absolute atomic E-state index is 12.1. The van der Waals surface area contributed by atoms with Crippen molar-refractivity contribution in [2.75, 3.05) is 32.5 Å². The van der Waals surface area contributed by atoms with E-state index in [0.717, 1.165) is 24.2 Å². The van der Waals surface area contributed by atoms with Gasteiger partial charge in [-0.3, -0.25) is 9.59 Å². The third-order valence-electron chi connectivity index (χ3n) is 3.32. The van der Waals surface area contributed by atoms with Crippen LogP contribution in [0.5, 0.6) is 0 Å². The third kappa shape index (κ3) is 3.05. The van der Waals surface area contributed by atoms with Gasteiger partial charge < -0.3 is 15.5 Å². The van der Waals surface area contributed by atoms with Crippen LogP contribution in [0.4, 0.5) is 5.69 Å². The monoisotopic (exact) mass is 273 g/mol. The summed E-state index contributed by atoms with van der Waals surface area (Å²) in [5.74, 6) is -0.199. The molecule has 1 saturated heterocycles. The molecule has 2 rings (SSSR count). The van der Waals surface area contributed by atoms with Crippen LogP contribution in [0.2, 0.25) is 0 Å². The van der Waals surface area contributed by atoms with E-state index >= 15 is 0 Å². The van der Waals surface area contributed by atoms with Gasteiger partial charge in [-0.1, -0.05) is 6.07 Å². The summed E-state index contributed by atoms with van der Waals surface area (Å²) in [6.07, 6.45) is 0. The van der Waals surface area contributed by atoms with E-state index in [-0.39, 0.29) is 11.8 Å². The Hall–Kier alpha value is -2.14. The lowest BCUT2D eigenvalue weighted by Crippen LogP contribution is -2.36. The summed E-state index contributed by atoms with van der Waals surface area (Å²) in [5, 5.41) is 5.94. The number of nitrogens with zero attached hydrogens (tertiary/aromatic N) is 1. The fourth-order valence-electron chi connectivity index (χ4n) is 1.89. The zero-order valence-corrected chi connectivity index (χ0v) is 12.0. The van der Waals surface area contributed by atoms with Crippen LogP contribution in [0.1, 0.15) is 17.3 Å². The van der Waals surface area contributed by atoms with Crippen molar-refractivity contribution >= 4 is 17.5 Å². The predicted octanol–water partition coefficient (Wildman–Crippen LogP) is 1.25. The largest absolute Gasteiger partial charge is 0.345 e. The first-order valence-corrected chi connectivity index (χ1v) is 6.51. The minimum atomic E-state index is -0.115. The first-order valence-electron chi connectivity index (χ1n) is 6.51. The molecule has 20 heavy (non-hydrogen) atoms. The Morgan fingerprint density at radius 2 is 1.95 bits per heavy atom. The first-order chi connectivity index (χ1) is 9.49. The van der Waals surface area contributed by atoms with E-state index in [0.29, 0.717) is 11.3 Å². The molecule has 2 amide bonds. The molecule has 0 saturated carbocycles. The van der Waals surface area contributed by atoms with E-state index in [9.17, 15) is 9.59 Å². The third-order valence-corrected chi connectivity index (χ3v) is 3.32. The smallest absolute Gasteiger partial charge is 0.253 e. The second-order valence-corrected chi connectivity index (χ2v) is 5.07. The Bertz CT molecular complexity index is 570. The summed E-state index contributed by atoms with van der Waals surface area (Å²) < 4.78 is 0. The second kappa shape index (κ2) is 5.88. The molecule has 5 nitrogen and oxygen atoms in total. The van der Waals surface area contributed by atoms with Crippen molar-refractivity contribution in [3.8, 4) is 0 Å². The van der Waals surface area contributed by atoms with Gasteiger partial charge in [-0.25, -0.2) is 0 Å². The number of amides is 2. The number of rotatable bonds is 3. The van der Waals surface area contributed by atoms with Crippen molar-refractivity contribution in [1.82, 2.24) is 10.2 Å². The summed E-state index contributed by atoms with van der Waals surface area (Å²) in [4.78, 5) is 25.5. The predicted molar refractivity (Wildman–Crippen MR) is 78.7 cm³/mol. The summed E-state index contributed by atoms with van der Waals surface area (Å²) in [6.45, 7) is 3.37. The molecule has 1 aromatic carbocycles. The molecule has 1 aliphatic rings. The Morgan fingerprint density at radius 3 is 2.50 bits per heavy atom. The number of anilines is 1. The van der Waals surface area contributed by atoms with Crippen molar-refractivity contribution in [3.63, 3.8) is 0 Å². The highest BCUT2D eigenvalue weighted by atomic mass is 16.2. The molecule has 0 radical (unpaired) electrons. The fourth-order valence-corrected chi connectivity index (χ4v) is 1.89. The van der Waals surface area contributed by atoms with E-state index in [1.165, 1.54) is 4.90 Å². The Balaban J connectivity index is 2.12. The lowest BCUT2D eigenvalue weighted by atomic mass is 10.0. The summed E-state index contributed by atoms with van der Waals surface area (Å²) in [6, 6.07) is 6.97. The van der Waals surface area contributed by atoms with Gasteiger partial charge >= 0.3 is 0 Å². The van der Waals surface area contributed by atoms with Gasteiger partial charge in [0.25, 0.3) is 11.8 Å². The molecule has 2 N–H and O–H groups in total. The van der Waals surface area contributed by atoms with Crippen molar-refractivity contribution in [1.29, 1.82) is 0 Å². The van der Waals surface area contributed by atoms with Crippen molar-refractivity contribution in [3.05, 3.63) is 41.0 Å². The number of carbonyl (C=O) groups is 2. The minimum absolute atomic E-state index is 0.0839. The average Bonchev–Trinajstić information content (AvgIpc) is 2.35. The number of hydrogen-bond acceptors (Lipinski definition) is 3. The highest BCUT2D eigenvalue weighted by Gasteiger charge is 2.16. The van der Waals surface area contributed by atoms with E-state index in [4.69, 9.17) is 0 Å². The molecule has 0 spiro atoms. The number of benzene rings is 1. The zero-order chi connectivity index (χ0) is 14.7. The SMILES string of the molecule is CC(C(=O)Nc1cccc(C(=O)N(C)C)c1)=C1CNC1. The minimum Gasteiger partial charge on any atom is -0.345 e. The second-order valence-electron chi connectivity index (χ2n) is 5.07. The molecule has 106 valence electrons. The summed E-state index contributed by atoms with van der Waals surface area (Å²) in [7, 11) is 3.40. The molecule has 5 heteroatoms. The van der Waals surface area contributed by atoms with Gasteiger partial charge in [0.2, 0.25) is 0 Å². The fraction of sp³-hybridized carbons (Fsp3) is 0.333.